The molecule has 2 aromatic rings. The molecular weight excluding hydrogens is 310 g/mol. The normalized spacial score (nSPS) is 10.7. The molecule has 2 rings (SSSR count). The Balaban J connectivity index is 2.13. The predicted octanol–water partition coefficient (Wildman–Crippen LogP) is 4.08. The van der Waals surface area contributed by atoms with Gasteiger partial charge in [0.25, 0.3) is 5.91 Å². The predicted molar refractivity (Wildman–Crippen MR) is 92.7 cm³/mol. The average Bonchev–Trinajstić information content (AvgIpc) is 3.08. The lowest BCUT2D eigenvalue weighted by Crippen LogP contribution is -2.26. The number of carbonyl (C=O) groups is 1. The molecule has 1 N–H and O–H groups in total. The van der Waals surface area contributed by atoms with Crippen molar-refractivity contribution >= 4 is 17.7 Å². The number of rotatable bonds is 8. The van der Waals surface area contributed by atoms with E-state index in [1.807, 2.05) is 19.2 Å². The Morgan fingerprint density at radius 1 is 1.30 bits per heavy atom. The highest BCUT2D eigenvalue weighted by molar-refractivity contribution is 7.98. The molecule has 0 aliphatic rings. The van der Waals surface area contributed by atoms with Gasteiger partial charge in [-0.1, -0.05) is 26.2 Å². The minimum absolute atomic E-state index is 0.102. The zero-order valence-corrected chi connectivity index (χ0v) is 14.7. The summed E-state index contributed by atoms with van der Waals surface area (Å²) < 4.78 is 5.34. The summed E-state index contributed by atoms with van der Waals surface area (Å²) in [5.41, 5.74) is 1.23. The topological polar surface area (TPSA) is 68.0 Å². The van der Waals surface area contributed by atoms with Crippen LogP contribution in [0.2, 0.25) is 0 Å². The zero-order chi connectivity index (χ0) is 16.7. The highest BCUT2D eigenvalue weighted by atomic mass is 32.2. The van der Waals surface area contributed by atoms with E-state index < -0.39 is 0 Å². The van der Waals surface area contributed by atoms with Crippen LogP contribution in [-0.2, 0) is 0 Å². The molecule has 23 heavy (non-hydrogen) atoms. The number of amides is 1. The minimum atomic E-state index is -0.102. The molecule has 0 aromatic carbocycles. The van der Waals surface area contributed by atoms with Gasteiger partial charge in [-0.3, -0.25) is 4.79 Å². The Labute approximate surface area is 141 Å². The van der Waals surface area contributed by atoms with E-state index in [-0.39, 0.29) is 5.91 Å². The Bertz CT molecular complexity index is 642. The Morgan fingerprint density at radius 2 is 2.13 bits per heavy atom. The van der Waals surface area contributed by atoms with Crippen LogP contribution < -0.4 is 5.32 Å². The van der Waals surface area contributed by atoms with E-state index in [2.05, 4.69) is 22.2 Å². The van der Waals surface area contributed by atoms with Crippen LogP contribution in [0.25, 0.3) is 11.6 Å². The standard InChI is InChI=1S/C17H23N3O2S/c1-4-5-6-7-10-18-16(21)14-12(2)19-15(20-17(14)23-3)13-9-8-11-22-13/h8-9,11H,4-7,10H2,1-3H3,(H,18,21). The van der Waals surface area contributed by atoms with Crippen molar-refractivity contribution in [1.29, 1.82) is 0 Å². The van der Waals surface area contributed by atoms with Gasteiger partial charge in [0.1, 0.15) is 5.03 Å². The van der Waals surface area contributed by atoms with Gasteiger partial charge in [0.2, 0.25) is 0 Å². The molecule has 0 unspecified atom stereocenters. The maximum absolute atomic E-state index is 12.4. The molecule has 2 heterocycles. The first-order valence-corrected chi connectivity index (χ1v) is 9.14. The summed E-state index contributed by atoms with van der Waals surface area (Å²) in [6.45, 7) is 4.69. The first-order valence-electron chi connectivity index (χ1n) is 7.92. The lowest BCUT2D eigenvalue weighted by atomic mass is 10.2. The largest absolute Gasteiger partial charge is 0.461 e. The van der Waals surface area contributed by atoms with Gasteiger partial charge in [-0.25, -0.2) is 9.97 Å². The molecule has 0 fully saturated rings. The van der Waals surface area contributed by atoms with Gasteiger partial charge in [-0.15, -0.1) is 11.8 Å². The van der Waals surface area contributed by atoms with Crippen molar-refractivity contribution in [2.45, 2.75) is 44.6 Å². The van der Waals surface area contributed by atoms with Crippen molar-refractivity contribution in [3.8, 4) is 11.6 Å². The Morgan fingerprint density at radius 3 is 2.78 bits per heavy atom. The molecule has 6 heteroatoms. The van der Waals surface area contributed by atoms with E-state index >= 15 is 0 Å². The smallest absolute Gasteiger partial charge is 0.255 e. The summed E-state index contributed by atoms with van der Waals surface area (Å²) in [5, 5.41) is 3.65. The molecule has 5 nitrogen and oxygen atoms in total. The summed E-state index contributed by atoms with van der Waals surface area (Å²) in [5.74, 6) is 1.01. The van der Waals surface area contributed by atoms with Crippen molar-refractivity contribution in [1.82, 2.24) is 15.3 Å². The van der Waals surface area contributed by atoms with Crippen molar-refractivity contribution < 1.29 is 9.21 Å². The summed E-state index contributed by atoms with van der Waals surface area (Å²) >= 11 is 1.44. The number of hydrogen-bond donors (Lipinski definition) is 1. The first-order chi connectivity index (χ1) is 11.2. The molecule has 0 aliphatic carbocycles. The van der Waals surface area contributed by atoms with E-state index in [4.69, 9.17) is 4.42 Å². The number of nitrogens with one attached hydrogen (secondary N) is 1. The maximum atomic E-state index is 12.4. The van der Waals surface area contributed by atoms with Crippen LogP contribution in [0.15, 0.2) is 27.8 Å². The van der Waals surface area contributed by atoms with Crippen molar-refractivity contribution in [3.05, 3.63) is 29.7 Å². The van der Waals surface area contributed by atoms with E-state index in [9.17, 15) is 4.79 Å². The second-order valence-electron chi connectivity index (χ2n) is 5.31. The van der Waals surface area contributed by atoms with Crippen LogP contribution in [-0.4, -0.2) is 28.7 Å². The Kier molecular flexibility index (Phi) is 6.65. The molecular formula is C17H23N3O2S. The van der Waals surface area contributed by atoms with Crippen LogP contribution in [0.4, 0.5) is 0 Å². The molecule has 0 saturated heterocycles. The quantitative estimate of drug-likeness (QED) is 0.448. The molecule has 0 radical (unpaired) electrons. The molecule has 0 saturated carbocycles. The Hall–Kier alpha value is -1.82. The fourth-order valence-corrected chi connectivity index (χ4v) is 2.94. The van der Waals surface area contributed by atoms with Crippen LogP contribution in [0.3, 0.4) is 0 Å². The summed E-state index contributed by atoms with van der Waals surface area (Å²) in [6.07, 6.45) is 8.02. The number of unbranched alkanes of at least 4 members (excludes halogenated alkanes) is 3. The van der Waals surface area contributed by atoms with Gasteiger partial charge >= 0.3 is 0 Å². The second kappa shape index (κ2) is 8.72. The number of thioether (sulfide) groups is 1. The van der Waals surface area contributed by atoms with Crippen LogP contribution in [0.5, 0.6) is 0 Å². The molecule has 1 amide bonds. The summed E-state index contributed by atoms with van der Waals surface area (Å²) in [7, 11) is 0. The molecule has 2 aromatic heterocycles. The van der Waals surface area contributed by atoms with E-state index in [1.165, 1.54) is 24.6 Å². The van der Waals surface area contributed by atoms with E-state index in [1.54, 1.807) is 12.3 Å². The third kappa shape index (κ3) is 4.58. The summed E-state index contributed by atoms with van der Waals surface area (Å²) in [4.78, 5) is 21.3. The lowest BCUT2D eigenvalue weighted by molar-refractivity contribution is 0.0948. The number of carbonyl (C=O) groups excluding carboxylic acids is 1. The lowest BCUT2D eigenvalue weighted by Gasteiger charge is -2.11. The molecule has 0 bridgehead atoms. The van der Waals surface area contributed by atoms with Crippen molar-refractivity contribution in [2.24, 2.45) is 0 Å². The van der Waals surface area contributed by atoms with Gasteiger partial charge in [-0.05, 0) is 31.7 Å². The first kappa shape index (κ1) is 17.5. The molecule has 0 spiro atoms. The van der Waals surface area contributed by atoms with E-state index in [0.29, 0.717) is 34.4 Å². The number of aromatic nitrogens is 2. The van der Waals surface area contributed by atoms with Crippen molar-refractivity contribution in [3.63, 3.8) is 0 Å². The average molecular weight is 333 g/mol. The fraction of sp³-hybridized carbons (Fsp3) is 0.471. The number of aryl methyl sites for hydroxylation is 1. The highest BCUT2D eigenvalue weighted by Gasteiger charge is 2.19. The van der Waals surface area contributed by atoms with E-state index in [0.717, 1.165) is 12.8 Å². The number of nitrogens with zero attached hydrogens (tertiary/aromatic N) is 2. The van der Waals surface area contributed by atoms with Crippen LogP contribution >= 0.6 is 11.8 Å². The molecule has 124 valence electrons. The monoisotopic (exact) mass is 333 g/mol. The maximum Gasteiger partial charge on any atom is 0.255 e. The van der Waals surface area contributed by atoms with Gasteiger partial charge in [0.15, 0.2) is 11.6 Å². The third-order valence-electron chi connectivity index (χ3n) is 3.53. The van der Waals surface area contributed by atoms with Gasteiger partial charge in [0.05, 0.1) is 17.5 Å². The van der Waals surface area contributed by atoms with Crippen LogP contribution in [0, 0.1) is 6.92 Å². The minimum Gasteiger partial charge on any atom is -0.461 e. The number of furan rings is 1. The van der Waals surface area contributed by atoms with Gasteiger partial charge in [0, 0.05) is 6.54 Å². The highest BCUT2D eigenvalue weighted by Crippen LogP contribution is 2.25. The molecule has 0 aliphatic heterocycles. The second-order valence-corrected chi connectivity index (χ2v) is 6.11. The summed E-state index contributed by atoms with van der Waals surface area (Å²) in [6, 6.07) is 3.61. The fourth-order valence-electron chi connectivity index (χ4n) is 2.31. The zero-order valence-electron chi connectivity index (χ0n) is 13.9. The van der Waals surface area contributed by atoms with Gasteiger partial charge < -0.3 is 9.73 Å². The van der Waals surface area contributed by atoms with Crippen LogP contribution in [0.1, 0.15) is 48.7 Å². The number of hydrogen-bond acceptors (Lipinski definition) is 5. The van der Waals surface area contributed by atoms with Crippen molar-refractivity contribution in [2.75, 3.05) is 12.8 Å². The third-order valence-corrected chi connectivity index (χ3v) is 4.22. The SMILES string of the molecule is CCCCCCNC(=O)c1c(C)nc(-c2ccco2)nc1SC. The van der Waals surface area contributed by atoms with Gasteiger partial charge in [-0.2, -0.15) is 0 Å². The molecule has 0 atom stereocenters.